The topological polar surface area (TPSA) is 97.6 Å². The fourth-order valence-corrected chi connectivity index (χ4v) is 4.55. The third kappa shape index (κ3) is 2.63. The number of benzene rings is 2. The molecule has 0 saturated heterocycles. The molecule has 0 bridgehead atoms. The molecular formula is C19H15FN2O5S. The Balaban J connectivity index is 1.99. The molecule has 2 heterocycles. The van der Waals surface area contributed by atoms with Gasteiger partial charge in [0.15, 0.2) is 0 Å². The van der Waals surface area contributed by atoms with Crippen molar-refractivity contribution in [2.45, 2.75) is 4.90 Å². The highest BCUT2D eigenvalue weighted by molar-refractivity contribution is 7.94. The van der Waals surface area contributed by atoms with Gasteiger partial charge in [0, 0.05) is 18.5 Å². The standard InChI is InChI=1S/C19H15FN2O5S/c1-22-15-6-3-10(20)7-12(15)18(23)17(19(22)24)14-9-28(25,26)16-8-11(27-2)4-5-13(16)21-14/h3-9,21,23H,1-2H3. The van der Waals surface area contributed by atoms with E-state index >= 15 is 0 Å². The van der Waals surface area contributed by atoms with E-state index in [1.54, 1.807) is 6.07 Å². The van der Waals surface area contributed by atoms with E-state index in [4.69, 9.17) is 4.74 Å². The number of ether oxygens (including phenoxy) is 1. The maximum Gasteiger partial charge on any atom is 0.263 e. The van der Waals surface area contributed by atoms with Crippen LogP contribution in [0.2, 0.25) is 0 Å². The molecule has 0 atom stereocenters. The van der Waals surface area contributed by atoms with Gasteiger partial charge < -0.3 is 19.7 Å². The molecule has 1 aliphatic heterocycles. The second kappa shape index (κ2) is 6.10. The first-order valence-electron chi connectivity index (χ1n) is 8.16. The average Bonchev–Trinajstić information content (AvgIpc) is 2.65. The maximum atomic E-state index is 13.7. The van der Waals surface area contributed by atoms with Gasteiger partial charge in [-0.05, 0) is 30.3 Å². The maximum absolute atomic E-state index is 13.7. The first-order valence-corrected chi connectivity index (χ1v) is 9.71. The molecule has 0 spiro atoms. The van der Waals surface area contributed by atoms with Crippen LogP contribution in [0, 0.1) is 5.82 Å². The Morgan fingerprint density at radius 3 is 2.64 bits per heavy atom. The summed E-state index contributed by atoms with van der Waals surface area (Å²) < 4.78 is 45.4. The number of nitrogens with one attached hydrogen (secondary N) is 1. The number of anilines is 1. The average molecular weight is 402 g/mol. The Kier molecular flexibility index (Phi) is 3.93. The highest BCUT2D eigenvalue weighted by Gasteiger charge is 2.28. The van der Waals surface area contributed by atoms with Gasteiger partial charge in [0.25, 0.3) is 5.56 Å². The van der Waals surface area contributed by atoms with Gasteiger partial charge in [-0.2, -0.15) is 0 Å². The molecule has 28 heavy (non-hydrogen) atoms. The van der Waals surface area contributed by atoms with Crippen molar-refractivity contribution in [1.82, 2.24) is 4.57 Å². The number of methoxy groups -OCH3 is 1. The van der Waals surface area contributed by atoms with Crippen molar-refractivity contribution in [3.8, 4) is 11.5 Å². The highest BCUT2D eigenvalue weighted by atomic mass is 32.2. The van der Waals surface area contributed by atoms with Crippen LogP contribution in [-0.4, -0.2) is 25.2 Å². The number of aromatic hydroxyl groups is 1. The lowest BCUT2D eigenvalue weighted by molar-refractivity contribution is 0.413. The van der Waals surface area contributed by atoms with Crippen LogP contribution in [0.4, 0.5) is 10.1 Å². The van der Waals surface area contributed by atoms with E-state index in [0.29, 0.717) is 11.3 Å². The van der Waals surface area contributed by atoms with Gasteiger partial charge in [-0.1, -0.05) is 0 Å². The largest absolute Gasteiger partial charge is 0.506 e. The SMILES string of the molecule is COc1ccc2c(c1)S(=O)(=O)C=C(c1c(O)c3cc(F)ccc3n(C)c1=O)N2. The minimum atomic E-state index is -3.92. The summed E-state index contributed by atoms with van der Waals surface area (Å²) in [5, 5.41) is 14.5. The van der Waals surface area contributed by atoms with Gasteiger partial charge in [0.2, 0.25) is 9.84 Å². The molecule has 1 aromatic heterocycles. The smallest absolute Gasteiger partial charge is 0.263 e. The van der Waals surface area contributed by atoms with Gasteiger partial charge in [-0.15, -0.1) is 0 Å². The summed E-state index contributed by atoms with van der Waals surface area (Å²) in [6.45, 7) is 0. The van der Waals surface area contributed by atoms with Crippen LogP contribution >= 0.6 is 0 Å². The zero-order valence-electron chi connectivity index (χ0n) is 14.9. The number of aromatic nitrogens is 1. The molecular weight excluding hydrogens is 387 g/mol. The Hall–Kier alpha value is -3.33. The predicted molar refractivity (Wildman–Crippen MR) is 103 cm³/mol. The van der Waals surface area contributed by atoms with Crippen LogP contribution < -0.4 is 15.6 Å². The summed E-state index contributed by atoms with van der Waals surface area (Å²) in [6, 6.07) is 8.06. The fraction of sp³-hybridized carbons (Fsp3) is 0.105. The van der Waals surface area contributed by atoms with Crippen LogP contribution in [0.15, 0.2) is 51.5 Å². The van der Waals surface area contributed by atoms with Crippen molar-refractivity contribution in [2.24, 2.45) is 7.05 Å². The Labute approximate surface area is 159 Å². The number of aryl methyl sites for hydroxylation is 1. The molecule has 1 aliphatic rings. The summed E-state index contributed by atoms with van der Waals surface area (Å²) in [5.41, 5.74) is -0.425. The number of fused-ring (bicyclic) bond motifs is 2. The van der Waals surface area contributed by atoms with Crippen molar-refractivity contribution in [1.29, 1.82) is 0 Å². The highest BCUT2D eigenvalue weighted by Crippen LogP contribution is 2.38. The van der Waals surface area contributed by atoms with E-state index in [0.717, 1.165) is 11.5 Å². The number of halogens is 1. The summed E-state index contributed by atoms with van der Waals surface area (Å²) in [4.78, 5) is 12.8. The van der Waals surface area contributed by atoms with E-state index in [1.807, 2.05) is 0 Å². The summed E-state index contributed by atoms with van der Waals surface area (Å²) in [5.74, 6) is -0.729. The Morgan fingerprint density at radius 1 is 1.18 bits per heavy atom. The zero-order valence-corrected chi connectivity index (χ0v) is 15.7. The number of rotatable bonds is 2. The second-order valence-electron chi connectivity index (χ2n) is 6.31. The molecule has 0 radical (unpaired) electrons. The number of nitrogens with zero attached hydrogens (tertiary/aromatic N) is 1. The molecule has 0 saturated carbocycles. The van der Waals surface area contributed by atoms with Gasteiger partial charge in [-0.25, -0.2) is 12.8 Å². The Morgan fingerprint density at radius 2 is 1.93 bits per heavy atom. The number of hydrogen-bond donors (Lipinski definition) is 2. The molecule has 7 nitrogen and oxygen atoms in total. The minimum absolute atomic E-state index is 0.0150. The zero-order chi connectivity index (χ0) is 20.2. The third-order valence-electron chi connectivity index (χ3n) is 4.64. The fourth-order valence-electron chi connectivity index (χ4n) is 3.23. The van der Waals surface area contributed by atoms with Crippen LogP contribution in [0.3, 0.4) is 0 Å². The number of sulfone groups is 1. The molecule has 2 N–H and O–H groups in total. The van der Waals surface area contributed by atoms with E-state index in [9.17, 15) is 22.7 Å². The molecule has 0 fully saturated rings. The molecule has 0 aliphatic carbocycles. The molecule has 3 aromatic rings. The van der Waals surface area contributed by atoms with Crippen molar-refractivity contribution in [3.05, 3.63) is 63.5 Å². The lowest BCUT2D eigenvalue weighted by Crippen LogP contribution is -2.25. The predicted octanol–water partition coefficient (Wildman–Crippen LogP) is 2.59. The van der Waals surface area contributed by atoms with Crippen LogP contribution in [0.5, 0.6) is 11.5 Å². The minimum Gasteiger partial charge on any atom is -0.506 e. The first-order chi connectivity index (χ1) is 13.2. The van der Waals surface area contributed by atoms with E-state index in [2.05, 4.69) is 5.32 Å². The summed E-state index contributed by atoms with van der Waals surface area (Å²) in [7, 11) is -1.04. The van der Waals surface area contributed by atoms with E-state index in [-0.39, 0.29) is 27.2 Å². The molecule has 0 unspecified atom stereocenters. The molecule has 144 valence electrons. The van der Waals surface area contributed by atoms with Crippen molar-refractivity contribution >= 4 is 32.1 Å². The first kappa shape index (κ1) is 18.1. The Bertz CT molecular complexity index is 1340. The monoisotopic (exact) mass is 402 g/mol. The summed E-state index contributed by atoms with van der Waals surface area (Å²) >= 11 is 0. The molecule has 2 aromatic carbocycles. The van der Waals surface area contributed by atoms with Crippen LogP contribution in [0.25, 0.3) is 16.6 Å². The quantitative estimate of drug-likeness (QED) is 0.684. The van der Waals surface area contributed by atoms with Crippen molar-refractivity contribution in [3.63, 3.8) is 0 Å². The van der Waals surface area contributed by atoms with Gasteiger partial charge in [0.1, 0.15) is 22.9 Å². The number of pyridine rings is 1. The lowest BCUT2D eigenvalue weighted by Gasteiger charge is -2.21. The second-order valence-corrected chi connectivity index (χ2v) is 8.08. The van der Waals surface area contributed by atoms with Crippen molar-refractivity contribution < 1.29 is 22.7 Å². The molecule has 4 rings (SSSR count). The summed E-state index contributed by atoms with van der Waals surface area (Å²) in [6.07, 6.45) is 0. The molecule has 9 heteroatoms. The van der Waals surface area contributed by atoms with Crippen LogP contribution in [-0.2, 0) is 16.9 Å². The lowest BCUT2D eigenvalue weighted by atomic mass is 10.1. The van der Waals surface area contributed by atoms with E-state index in [1.165, 1.54) is 43.0 Å². The normalized spacial score (nSPS) is 14.9. The number of hydrogen-bond acceptors (Lipinski definition) is 6. The van der Waals surface area contributed by atoms with E-state index < -0.39 is 27.0 Å². The van der Waals surface area contributed by atoms with Crippen molar-refractivity contribution in [2.75, 3.05) is 12.4 Å². The van der Waals surface area contributed by atoms with Gasteiger partial charge in [0.05, 0.1) is 34.3 Å². The molecule has 0 amide bonds. The van der Waals surface area contributed by atoms with Crippen LogP contribution in [0.1, 0.15) is 5.56 Å². The van der Waals surface area contributed by atoms with Gasteiger partial charge >= 0.3 is 0 Å². The van der Waals surface area contributed by atoms with Gasteiger partial charge in [-0.3, -0.25) is 4.79 Å². The third-order valence-corrected chi connectivity index (χ3v) is 6.13.